The van der Waals surface area contributed by atoms with E-state index in [0.717, 1.165) is 12.1 Å². The number of carbonyl (C=O) groups is 2. The van der Waals surface area contributed by atoms with Gasteiger partial charge in [0.25, 0.3) is 0 Å². The second-order valence-electron chi connectivity index (χ2n) is 6.76. The largest absolute Gasteiger partial charge is 0.573 e. The first-order chi connectivity index (χ1) is 14.5. The van der Waals surface area contributed by atoms with Crippen LogP contribution in [0.3, 0.4) is 0 Å². The maximum absolute atomic E-state index is 12.2. The van der Waals surface area contributed by atoms with Crippen molar-refractivity contribution in [2.24, 2.45) is 0 Å². The lowest BCUT2D eigenvalue weighted by Crippen LogP contribution is -2.29. The third-order valence-corrected chi connectivity index (χ3v) is 3.93. The Kier molecular flexibility index (Phi) is 8.26. The zero-order valence-corrected chi connectivity index (χ0v) is 16.8. The van der Waals surface area contributed by atoms with Crippen molar-refractivity contribution in [3.8, 4) is 5.75 Å². The highest BCUT2D eigenvalue weighted by molar-refractivity contribution is 5.84. The number of benzene rings is 2. The summed E-state index contributed by atoms with van der Waals surface area (Å²) < 4.78 is 50.9. The number of ether oxygens (including phenoxy) is 3. The van der Waals surface area contributed by atoms with Gasteiger partial charge in [0.15, 0.2) is 6.10 Å². The lowest BCUT2D eigenvalue weighted by molar-refractivity contribution is -0.274. The van der Waals surface area contributed by atoms with E-state index in [1.165, 1.54) is 12.1 Å². The Morgan fingerprint density at radius 2 is 1.65 bits per heavy atom. The normalized spacial score (nSPS) is 12.3. The van der Waals surface area contributed by atoms with E-state index in [4.69, 9.17) is 9.47 Å². The monoisotopic (exact) mass is 441 g/mol. The van der Waals surface area contributed by atoms with Crippen LogP contribution >= 0.6 is 0 Å². The molecule has 0 aliphatic heterocycles. The van der Waals surface area contributed by atoms with Crippen LogP contribution in [0.4, 0.5) is 23.7 Å². The number of alkyl halides is 3. The van der Waals surface area contributed by atoms with E-state index in [2.05, 4.69) is 10.1 Å². The highest BCUT2D eigenvalue weighted by Crippen LogP contribution is 2.24. The zero-order chi connectivity index (χ0) is 23.0. The van der Waals surface area contributed by atoms with Crippen molar-refractivity contribution in [2.75, 3.05) is 5.32 Å². The minimum Gasteiger partial charge on any atom is -0.479 e. The van der Waals surface area contributed by atoms with E-state index in [1.54, 1.807) is 38.1 Å². The molecule has 1 unspecified atom stereocenters. The zero-order valence-electron chi connectivity index (χ0n) is 16.8. The fourth-order valence-electron chi connectivity index (χ4n) is 2.66. The Hall–Kier alpha value is -3.27. The molecule has 2 aromatic carbocycles. The molecular weight excluding hydrogens is 419 g/mol. The molecule has 0 aromatic heterocycles. The van der Waals surface area contributed by atoms with Crippen molar-refractivity contribution in [3.63, 3.8) is 0 Å². The molecule has 0 aliphatic rings. The topological polar surface area (TPSA) is 94.1 Å². The Morgan fingerprint density at radius 3 is 2.19 bits per heavy atom. The molecule has 168 valence electrons. The van der Waals surface area contributed by atoms with Crippen molar-refractivity contribution >= 4 is 17.7 Å². The van der Waals surface area contributed by atoms with Gasteiger partial charge in [-0.05, 0) is 49.2 Å². The summed E-state index contributed by atoms with van der Waals surface area (Å²) in [5.74, 6) is -1.52. The molecule has 0 spiro atoms. The summed E-state index contributed by atoms with van der Waals surface area (Å²) in [5.41, 5.74) is 1.46. The van der Waals surface area contributed by atoms with E-state index in [0.29, 0.717) is 11.1 Å². The smallest absolute Gasteiger partial charge is 0.479 e. The van der Waals surface area contributed by atoms with Crippen molar-refractivity contribution in [1.29, 1.82) is 0 Å². The molecule has 0 saturated heterocycles. The van der Waals surface area contributed by atoms with Gasteiger partial charge in [-0.15, -0.1) is 13.2 Å². The van der Waals surface area contributed by atoms with Crippen LogP contribution in [0.5, 0.6) is 5.75 Å². The van der Waals surface area contributed by atoms with E-state index in [9.17, 15) is 27.9 Å². The number of carboxylic acids is 1. The number of hydrogen-bond donors (Lipinski definition) is 2. The van der Waals surface area contributed by atoms with Gasteiger partial charge < -0.3 is 19.3 Å². The number of anilines is 1. The van der Waals surface area contributed by atoms with Gasteiger partial charge in [-0.3, -0.25) is 5.32 Å². The lowest BCUT2D eigenvalue weighted by Gasteiger charge is -2.18. The van der Waals surface area contributed by atoms with Crippen LogP contribution in [0.15, 0.2) is 48.5 Å². The molecule has 0 heterocycles. The van der Waals surface area contributed by atoms with Crippen LogP contribution in [0.25, 0.3) is 0 Å². The highest BCUT2D eigenvalue weighted by Gasteiger charge is 2.31. The minimum atomic E-state index is -4.80. The minimum absolute atomic E-state index is 0.0926. The van der Waals surface area contributed by atoms with Crippen molar-refractivity contribution in [1.82, 2.24) is 0 Å². The van der Waals surface area contributed by atoms with Gasteiger partial charge in [-0.2, -0.15) is 0 Å². The van der Waals surface area contributed by atoms with Gasteiger partial charge in [0.2, 0.25) is 0 Å². The van der Waals surface area contributed by atoms with Crippen molar-refractivity contribution in [2.45, 2.75) is 45.4 Å². The predicted molar refractivity (Wildman–Crippen MR) is 105 cm³/mol. The molecule has 2 rings (SSSR count). The van der Waals surface area contributed by atoms with E-state index < -0.39 is 30.3 Å². The molecule has 10 heteroatoms. The Bertz CT molecular complexity index is 883. The molecular formula is C21H22F3NO6. The fraction of sp³-hybridized carbons (Fsp3) is 0.333. The van der Waals surface area contributed by atoms with Crippen LogP contribution in [-0.2, 0) is 27.3 Å². The summed E-state index contributed by atoms with van der Waals surface area (Å²) in [6, 6.07) is 11.4. The fourth-order valence-corrected chi connectivity index (χ4v) is 2.66. The maximum atomic E-state index is 12.2. The average molecular weight is 441 g/mol. The number of nitrogens with one attached hydrogen (secondary N) is 1. The Balaban J connectivity index is 1.95. The quantitative estimate of drug-likeness (QED) is 0.583. The second kappa shape index (κ2) is 10.7. The molecule has 0 radical (unpaired) electrons. The number of carboxylic acid groups (broad SMARTS) is 1. The standard InChI is InChI=1S/C21H22F3NO6/c1-13(2)30-18(19(26)27)11-14-5-3-4-6-15(14)12-29-20(28)25-16-7-9-17(10-8-16)31-21(22,23)24/h3-10,13,18H,11-12H2,1-2H3,(H,25,28)(H,26,27). The first kappa shape index (κ1) is 24.0. The number of carbonyl (C=O) groups excluding carboxylic acids is 1. The summed E-state index contributed by atoms with van der Waals surface area (Å²) in [6.07, 6.45) is -6.86. The number of hydrogen-bond acceptors (Lipinski definition) is 5. The summed E-state index contributed by atoms with van der Waals surface area (Å²) >= 11 is 0. The Labute approximate surface area is 176 Å². The Morgan fingerprint density at radius 1 is 1.03 bits per heavy atom. The van der Waals surface area contributed by atoms with E-state index in [1.807, 2.05) is 0 Å². The molecule has 1 atom stereocenters. The van der Waals surface area contributed by atoms with Gasteiger partial charge in [0.05, 0.1) is 6.10 Å². The van der Waals surface area contributed by atoms with Gasteiger partial charge in [0, 0.05) is 12.1 Å². The average Bonchev–Trinajstić information content (AvgIpc) is 2.67. The van der Waals surface area contributed by atoms with Crippen molar-refractivity contribution in [3.05, 3.63) is 59.7 Å². The molecule has 31 heavy (non-hydrogen) atoms. The summed E-state index contributed by atoms with van der Waals surface area (Å²) in [7, 11) is 0. The molecule has 0 bridgehead atoms. The second-order valence-corrected chi connectivity index (χ2v) is 6.76. The van der Waals surface area contributed by atoms with Crippen LogP contribution in [0.2, 0.25) is 0 Å². The lowest BCUT2D eigenvalue weighted by atomic mass is 10.0. The first-order valence-corrected chi connectivity index (χ1v) is 9.28. The molecule has 0 fully saturated rings. The molecule has 2 aromatic rings. The number of amides is 1. The third kappa shape index (κ3) is 8.55. The molecule has 1 amide bonds. The molecule has 2 N–H and O–H groups in total. The van der Waals surface area contributed by atoms with Crippen LogP contribution in [0.1, 0.15) is 25.0 Å². The van der Waals surface area contributed by atoms with Gasteiger partial charge in [-0.25, -0.2) is 9.59 Å². The summed E-state index contributed by atoms with van der Waals surface area (Å²) in [5, 5.41) is 11.7. The molecule has 0 aliphatic carbocycles. The number of aliphatic carboxylic acids is 1. The molecule has 7 nitrogen and oxygen atoms in total. The van der Waals surface area contributed by atoms with Crippen LogP contribution < -0.4 is 10.1 Å². The SMILES string of the molecule is CC(C)OC(Cc1ccccc1COC(=O)Nc1ccc(OC(F)(F)F)cc1)C(=O)O. The predicted octanol–water partition coefficient (Wildman–Crippen LogP) is 4.75. The van der Waals surface area contributed by atoms with Crippen LogP contribution in [0, 0.1) is 0 Å². The third-order valence-electron chi connectivity index (χ3n) is 3.93. The van der Waals surface area contributed by atoms with E-state index >= 15 is 0 Å². The first-order valence-electron chi connectivity index (χ1n) is 9.28. The summed E-state index contributed by atoms with van der Waals surface area (Å²) in [4.78, 5) is 23.5. The van der Waals surface area contributed by atoms with Gasteiger partial charge in [-0.1, -0.05) is 24.3 Å². The van der Waals surface area contributed by atoms with Gasteiger partial charge >= 0.3 is 18.4 Å². The summed E-state index contributed by atoms with van der Waals surface area (Å²) in [6.45, 7) is 3.33. The highest BCUT2D eigenvalue weighted by atomic mass is 19.4. The number of halogens is 3. The van der Waals surface area contributed by atoms with Gasteiger partial charge in [0.1, 0.15) is 12.4 Å². The number of rotatable bonds is 9. The maximum Gasteiger partial charge on any atom is 0.573 e. The molecule has 0 saturated carbocycles. The van der Waals surface area contributed by atoms with Crippen LogP contribution in [-0.4, -0.2) is 35.7 Å². The van der Waals surface area contributed by atoms with Crippen molar-refractivity contribution < 1.29 is 42.1 Å². The van der Waals surface area contributed by atoms with E-state index in [-0.39, 0.29) is 24.8 Å².